The second-order valence-corrected chi connectivity index (χ2v) is 6.13. The van der Waals surface area contributed by atoms with Gasteiger partial charge in [0.2, 0.25) is 0 Å². The van der Waals surface area contributed by atoms with Gasteiger partial charge in [0.25, 0.3) is 5.91 Å². The topological polar surface area (TPSA) is 98.8 Å². The zero-order valence-corrected chi connectivity index (χ0v) is 15.9. The molecule has 0 aliphatic rings. The lowest BCUT2D eigenvalue weighted by Crippen LogP contribution is -2.31. The number of amides is 1. The van der Waals surface area contributed by atoms with Crippen molar-refractivity contribution in [3.63, 3.8) is 0 Å². The van der Waals surface area contributed by atoms with E-state index in [1.54, 1.807) is 42.5 Å². The molecular weight excluding hydrogens is 362 g/mol. The molecule has 1 N–H and O–H groups in total. The smallest absolute Gasteiger partial charge is 0.344 e. The Hall–Kier alpha value is -3.48. The van der Waals surface area contributed by atoms with Crippen molar-refractivity contribution in [2.75, 3.05) is 11.9 Å². The first-order chi connectivity index (χ1) is 13.3. The van der Waals surface area contributed by atoms with Crippen LogP contribution in [0.15, 0.2) is 48.5 Å². The van der Waals surface area contributed by atoms with E-state index in [2.05, 4.69) is 5.32 Å². The van der Waals surface area contributed by atoms with Crippen LogP contribution in [0.25, 0.3) is 0 Å². The monoisotopic (exact) mass is 383 g/mol. The SMILES string of the molecule is CC(=O)c1ccc(NC(=O)[C@@H](C)OC(=O)COc2cccc(C(C)=O)c2)cc1. The second kappa shape index (κ2) is 9.45. The molecule has 146 valence electrons. The maximum atomic E-state index is 12.1. The number of nitrogens with one attached hydrogen (secondary N) is 1. The molecule has 0 spiro atoms. The van der Waals surface area contributed by atoms with Gasteiger partial charge in [0.1, 0.15) is 5.75 Å². The van der Waals surface area contributed by atoms with Crippen molar-refractivity contribution in [1.29, 1.82) is 0 Å². The van der Waals surface area contributed by atoms with Crippen LogP contribution in [-0.4, -0.2) is 36.2 Å². The quantitative estimate of drug-likeness (QED) is 0.556. The van der Waals surface area contributed by atoms with Crippen LogP contribution < -0.4 is 10.1 Å². The Balaban J connectivity index is 1.84. The fourth-order valence-electron chi connectivity index (χ4n) is 2.26. The van der Waals surface area contributed by atoms with Crippen LogP contribution in [0, 0.1) is 0 Å². The van der Waals surface area contributed by atoms with E-state index in [-0.39, 0.29) is 11.6 Å². The summed E-state index contributed by atoms with van der Waals surface area (Å²) in [5, 5.41) is 2.60. The Bertz CT molecular complexity index is 888. The number of carbonyl (C=O) groups is 4. The molecule has 0 fully saturated rings. The van der Waals surface area contributed by atoms with Crippen molar-refractivity contribution in [3.8, 4) is 5.75 Å². The molecule has 0 bridgehead atoms. The molecule has 2 rings (SSSR count). The van der Waals surface area contributed by atoms with Gasteiger partial charge < -0.3 is 14.8 Å². The molecule has 7 nitrogen and oxygen atoms in total. The number of Topliss-reactive ketones (excluding diaryl/α,β-unsaturated/α-hetero) is 2. The fraction of sp³-hybridized carbons (Fsp3) is 0.238. The van der Waals surface area contributed by atoms with Crippen LogP contribution in [0.2, 0.25) is 0 Å². The van der Waals surface area contributed by atoms with E-state index in [0.29, 0.717) is 22.6 Å². The summed E-state index contributed by atoms with van der Waals surface area (Å²) in [7, 11) is 0. The number of hydrogen-bond acceptors (Lipinski definition) is 6. The van der Waals surface area contributed by atoms with Crippen LogP contribution in [0.3, 0.4) is 0 Å². The van der Waals surface area contributed by atoms with E-state index in [4.69, 9.17) is 9.47 Å². The maximum absolute atomic E-state index is 12.1. The van der Waals surface area contributed by atoms with Gasteiger partial charge in [0, 0.05) is 16.8 Å². The van der Waals surface area contributed by atoms with Gasteiger partial charge in [-0.05, 0) is 57.2 Å². The number of ketones is 2. The molecule has 0 aromatic heterocycles. The predicted molar refractivity (Wildman–Crippen MR) is 103 cm³/mol. The molecule has 0 aliphatic heterocycles. The molecule has 0 saturated carbocycles. The highest BCUT2D eigenvalue weighted by Crippen LogP contribution is 2.14. The summed E-state index contributed by atoms with van der Waals surface area (Å²) in [6.07, 6.45) is -1.04. The number of rotatable bonds is 8. The third kappa shape index (κ3) is 6.05. The highest BCUT2D eigenvalue weighted by atomic mass is 16.6. The molecule has 2 aromatic rings. The van der Waals surface area contributed by atoms with Crippen molar-refractivity contribution in [2.45, 2.75) is 26.9 Å². The Morgan fingerprint density at radius 2 is 1.57 bits per heavy atom. The van der Waals surface area contributed by atoms with E-state index in [1.165, 1.54) is 26.8 Å². The van der Waals surface area contributed by atoms with Crippen molar-refractivity contribution >= 4 is 29.1 Å². The van der Waals surface area contributed by atoms with E-state index < -0.39 is 24.6 Å². The van der Waals surface area contributed by atoms with Gasteiger partial charge in [-0.25, -0.2) is 4.79 Å². The van der Waals surface area contributed by atoms with Gasteiger partial charge in [0.15, 0.2) is 24.3 Å². The minimum atomic E-state index is -1.04. The van der Waals surface area contributed by atoms with E-state index in [9.17, 15) is 19.2 Å². The van der Waals surface area contributed by atoms with Gasteiger partial charge in [-0.3, -0.25) is 14.4 Å². The summed E-state index contributed by atoms with van der Waals surface area (Å²) in [4.78, 5) is 46.6. The molecule has 0 heterocycles. The van der Waals surface area contributed by atoms with Gasteiger partial charge in [-0.2, -0.15) is 0 Å². The predicted octanol–water partition coefficient (Wildman–Crippen LogP) is 3.04. The Morgan fingerprint density at radius 1 is 0.929 bits per heavy atom. The normalized spacial score (nSPS) is 11.2. The minimum Gasteiger partial charge on any atom is -0.482 e. The van der Waals surface area contributed by atoms with Crippen LogP contribution in [0.4, 0.5) is 5.69 Å². The lowest BCUT2D eigenvalue weighted by atomic mass is 10.1. The number of hydrogen-bond donors (Lipinski definition) is 1. The number of ether oxygens (including phenoxy) is 2. The van der Waals surface area contributed by atoms with Crippen molar-refractivity contribution in [3.05, 3.63) is 59.7 Å². The molecular formula is C21H21NO6. The average molecular weight is 383 g/mol. The third-order valence-electron chi connectivity index (χ3n) is 3.83. The summed E-state index contributed by atoms with van der Waals surface area (Å²) in [5.41, 5.74) is 1.48. The lowest BCUT2D eigenvalue weighted by Gasteiger charge is -2.14. The van der Waals surface area contributed by atoms with Crippen LogP contribution in [0.1, 0.15) is 41.5 Å². The number of anilines is 1. The average Bonchev–Trinajstić information content (AvgIpc) is 2.67. The summed E-state index contributed by atoms with van der Waals surface area (Å²) >= 11 is 0. The first-order valence-electron chi connectivity index (χ1n) is 8.61. The van der Waals surface area contributed by atoms with Gasteiger partial charge in [-0.15, -0.1) is 0 Å². The number of esters is 1. The Kier molecular flexibility index (Phi) is 7.03. The van der Waals surface area contributed by atoms with Crippen LogP contribution in [-0.2, 0) is 14.3 Å². The molecule has 1 atom stereocenters. The number of benzene rings is 2. The summed E-state index contributed by atoms with van der Waals surface area (Å²) in [6, 6.07) is 12.8. The lowest BCUT2D eigenvalue weighted by molar-refractivity contribution is -0.155. The fourth-order valence-corrected chi connectivity index (χ4v) is 2.26. The molecule has 0 radical (unpaired) electrons. The second-order valence-electron chi connectivity index (χ2n) is 6.13. The standard InChI is InChI=1S/C21H21NO6/c1-13(23)16-7-9-18(10-8-16)22-21(26)15(3)28-20(25)12-27-19-6-4-5-17(11-19)14(2)24/h4-11,15H,12H2,1-3H3,(H,22,26)/t15-/m1/s1. The molecule has 0 unspecified atom stereocenters. The highest BCUT2D eigenvalue weighted by Gasteiger charge is 2.18. The van der Waals surface area contributed by atoms with Gasteiger partial charge in [0.05, 0.1) is 0 Å². The third-order valence-corrected chi connectivity index (χ3v) is 3.83. The zero-order chi connectivity index (χ0) is 20.7. The molecule has 0 aliphatic carbocycles. The van der Waals surface area contributed by atoms with Crippen molar-refractivity contribution < 1.29 is 28.7 Å². The van der Waals surface area contributed by atoms with Crippen LogP contribution in [0.5, 0.6) is 5.75 Å². The van der Waals surface area contributed by atoms with E-state index in [0.717, 1.165) is 0 Å². The summed E-state index contributed by atoms with van der Waals surface area (Å²) in [6.45, 7) is 3.93. The van der Waals surface area contributed by atoms with Crippen molar-refractivity contribution in [2.24, 2.45) is 0 Å². The highest BCUT2D eigenvalue weighted by molar-refractivity contribution is 5.97. The minimum absolute atomic E-state index is 0.0750. The van der Waals surface area contributed by atoms with Gasteiger partial charge in [-0.1, -0.05) is 12.1 Å². The summed E-state index contributed by atoms with van der Waals surface area (Å²) in [5.74, 6) is -1.07. The first kappa shape index (κ1) is 20.8. The molecule has 1 amide bonds. The van der Waals surface area contributed by atoms with Crippen LogP contribution >= 0.6 is 0 Å². The Labute approximate surface area is 162 Å². The zero-order valence-electron chi connectivity index (χ0n) is 15.9. The number of carbonyl (C=O) groups excluding carboxylic acids is 4. The molecule has 2 aromatic carbocycles. The van der Waals surface area contributed by atoms with Gasteiger partial charge >= 0.3 is 5.97 Å². The molecule has 7 heteroatoms. The molecule has 28 heavy (non-hydrogen) atoms. The van der Waals surface area contributed by atoms with E-state index in [1.807, 2.05) is 0 Å². The summed E-state index contributed by atoms with van der Waals surface area (Å²) < 4.78 is 10.4. The van der Waals surface area contributed by atoms with E-state index >= 15 is 0 Å². The van der Waals surface area contributed by atoms with Crippen molar-refractivity contribution in [1.82, 2.24) is 0 Å². The largest absolute Gasteiger partial charge is 0.482 e. The molecule has 0 saturated heterocycles. The first-order valence-corrected chi connectivity index (χ1v) is 8.61. The Morgan fingerprint density at radius 3 is 2.18 bits per heavy atom. The maximum Gasteiger partial charge on any atom is 0.344 e.